The maximum atomic E-state index is 11.3. The van der Waals surface area contributed by atoms with Gasteiger partial charge in [-0.05, 0) is 25.5 Å². The average Bonchev–Trinajstić information content (AvgIpc) is 2.50. The maximum Gasteiger partial charge on any atom is 0.347 e. The summed E-state index contributed by atoms with van der Waals surface area (Å²) in [4.78, 5) is 11.3. The highest BCUT2D eigenvalue weighted by Crippen LogP contribution is 2.34. The van der Waals surface area contributed by atoms with E-state index in [1.165, 1.54) is 0 Å². The largest absolute Gasteiger partial charge is 0.478 e. The molecule has 4 heteroatoms. The molecule has 2 rings (SSSR count). The third-order valence-electron chi connectivity index (χ3n) is 3.53. The highest BCUT2D eigenvalue weighted by atomic mass is 79.9. The van der Waals surface area contributed by atoms with Crippen LogP contribution in [-0.2, 0) is 4.79 Å². The summed E-state index contributed by atoms with van der Waals surface area (Å²) in [7, 11) is 0. The number of carboxylic acids is 1. The van der Waals surface area contributed by atoms with Gasteiger partial charge in [0.05, 0.1) is 0 Å². The number of alkyl halides is 1. The Balaban J connectivity index is 2.41. The molecule has 2 aromatic carbocycles. The Labute approximate surface area is 139 Å². The minimum Gasteiger partial charge on any atom is -0.478 e. The van der Waals surface area contributed by atoms with E-state index in [-0.39, 0.29) is 5.92 Å². The SMILES string of the molecule is CC(C)(Oc1ccccc1C(CBr)c1ccccc1)C(=O)O. The third kappa shape index (κ3) is 3.69. The summed E-state index contributed by atoms with van der Waals surface area (Å²) in [6.07, 6.45) is 0. The van der Waals surface area contributed by atoms with Gasteiger partial charge in [0, 0.05) is 16.8 Å². The van der Waals surface area contributed by atoms with E-state index in [1.807, 2.05) is 42.5 Å². The number of ether oxygens (including phenoxy) is 1. The van der Waals surface area contributed by atoms with E-state index in [0.29, 0.717) is 5.75 Å². The molecule has 0 aromatic heterocycles. The second-order valence-corrected chi connectivity index (χ2v) is 6.22. The molecule has 0 heterocycles. The van der Waals surface area contributed by atoms with E-state index in [2.05, 4.69) is 28.1 Å². The summed E-state index contributed by atoms with van der Waals surface area (Å²) < 4.78 is 5.78. The Hall–Kier alpha value is -1.81. The molecule has 0 aliphatic carbocycles. The summed E-state index contributed by atoms with van der Waals surface area (Å²) in [6.45, 7) is 3.11. The third-order valence-corrected chi connectivity index (χ3v) is 4.18. The Morgan fingerprint density at radius 2 is 1.73 bits per heavy atom. The molecule has 0 fully saturated rings. The first-order valence-corrected chi connectivity index (χ1v) is 8.20. The molecule has 0 aliphatic rings. The number of benzene rings is 2. The van der Waals surface area contributed by atoms with Crippen LogP contribution in [0.1, 0.15) is 30.9 Å². The fourth-order valence-electron chi connectivity index (χ4n) is 2.22. The number of para-hydroxylation sites is 1. The van der Waals surface area contributed by atoms with Crippen molar-refractivity contribution in [3.05, 3.63) is 65.7 Å². The van der Waals surface area contributed by atoms with Crippen LogP contribution in [0.3, 0.4) is 0 Å². The van der Waals surface area contributed by atoms with Gasteiger partial charge in [-0.1, -0.05) is 64.5 Å². The Kier molecular flexibility index (Phi) is 5.24. The molecule has 1 N–H and O–H groups in total. The average molecular weight is 363 g/mol. The smallest absolute Gasteiger partial charge is 0.347 e. The second-order valence-electron chi connectivity index (χ2n) is 5.57. The van der Waals surface area contributed by atoms with Crippen LogP contribution >= 0.6 is 15.9 Å². The van der Waals surface area contributed by atoms with Crippen molar-refractivity contribution in [2.75, 3.05) is 5.33 Å². The molecule has 1 unspecified atom stereocenters. The molecule has 22 heavy (non-hydrogen) atoms. The molecule has 0 spiro atoms. The van der Waals surface area contributed by atoms with Crippen molar-refractivity contribution in [1.29, 1.82) is 0 Å². The first kappa shape index (κ1) is 16.6. The van der Waals surface area contributed by atoms with Crippen LogP contribution in [0.25, 0.3) is 0 Å². The predicted molar refractivity (Wildman–Crippen MR) is 90.9 cm³/mol. The number of hydrogen-bond donors (Lipinski definition) is 1. The van der Waals surface area contributed by atoms with Gasteiger partial charge < -0.3 is 9.84 Å². The van der Waals surface area contributed by atoms with Crippen molar-refractivity contribution in [2.24, 2.45) is 0 Å². The van der Waals surface area contributed by atoms with Gasteiger partial charge >= 0.3 is 5.97 Å². The van der Waals surface area contributed by atoms with E-state index in [1.54, 1.807) is 13.8 Å². The minimum atomic E-state index is -1.27. The molecule has 0 radical (unpaired) electrons. The number of hydrogen-bond acceptors (Lipinski definition) is 2. The van der Waals surface area contributed by atoms with E-state index in [4.69, 9.17) is 4.74 Å². The maximum absolute atomic E-state index is 11.3. The molecule has 1 atom stereocenters. The van der Waals surface area contributed by atoms with E-state index in [0.717, 1.165) is 16.5 Å². The van der Waals surface area contributed by atoms with E-state index in [9.17, 15) is 9.90 Å². The first-order chi connectivity index (χ1) is 10.5. The fourth-order valence-corrected chi connectivity index (χ4v) is 2.94. The van der Waals surface area contributed by atoms with Crippen LogP contribution in [0.15, 0.2) is 54.6 Å². The van der Waals surface area contributed by atoms with Gasteiger partial charge in [0.25, 0.3) is 0 Å². The number of carboxylic acid groups (broad SMARTS) is 1. The highest BCUT2D eigenvalue weighted by Gasteiger charge is 2.31. The van der Waals surface area contributed by atoms with Crippen molar-refractivity contribution < 1.29 is 14.6 Å². The molecule has 2 aromatic rings. The van der Waals surface area contributed by atoms with Crippen LogP contribution in [-0.4, -0.2) is 22.0 Å². The first-order valence-electron chi connectivity index (χ1n) is 7.08. The molecular formula is C18H19BrO3. The lowest BCUT2D eigenvalue weighted by Crippen LogP contribution is -2.38. The zero-order valence-electron chi connectivity index (χ0n) is 12.6. The van der Waals surface area contributed by atoms with Gasteiger partial charge in [-0.15, -0.1) is 0 Å². The van der Waals surface area contributed by atoms with Crippen LogP contribution in [0.2, 0.25) is 0 Å². The fraction of sp³-hybridized carbons (Fsp3) is 0.278. The quantitative estimate of drug-likeness (QED) is 0.771. The zero-order chi connectivity index (χ0) is 16.2. The lowest BCUT2D eigenvalue weighted by atomic mass is 9.92. The van der Waals surface area contributed by atoms with Gasteiger partial charge in [-0.2, -0.15) is 0 Å². The van der Waals surface area contributed by atoms with Gasteiger partial charge in [0.15, 0.2) is 5.60 Å². The summed E-state index contributed by atoms with van der Waals surface area (Å²) in [5, 5.41) is 10.00. The van der Waals surface area contributed by atoms with Gasteiger partial charge in [0.1, 0.15) is 5.75 Å². The molecule has 0 saturated heterocycles. The van der Waals surface area contributed by atoms with Crippen molar-refractivity contribution in [3.8, 4) is 5.75 Å². The molecule has 116 valence electrons. The predicted octanol–water partition coefficient (Wildman–Crippen LogP) is 4.46. The molecule has 0 amide bonds. The van der Waals surface area contributed by atoms with Crippen LogP contribution in [0, 0.1) is 0 Å². The summed E-state index contributed by atoms with van der Waals surface area (Å²) in [6, 6.07) is 17.7. The number of halogens is 1. The monoisotopic (exact) mass is 362 g/mol. The Bertz CT molecular complexity index is 638. The molecule has 3 nitrogen and oxygen atoms in total. The minimum absolute atomic E-state index is 0.0991. The summed E-state index contributed by atoms with van der Waals surface area (Å²) in [5.74, 6) is -0.289. The molecule has 0 aliphatic heterocycles. The topological polar surface area (TPSA) is 46.5 Å². The van der Waals surface area contributed by atoms with Gasteiger partial charge in [-0.3, -0.25) is 0 Å². The molecule has 0 bridgehead atoms. The van der Waals surface area contributed by atoms with Crippen molar-refractivity contribution in [1.82, 2.24) is 0 Å². The zero-order valence-corrected chi connectivity index (χ0v) is 14.2. The van der Waals surface area contributed by atoms with Crippen LogP contribution < -0.4 is 4.74 Å². The summed E-state index contributed by atoms with van der Waals surface area (Å²) >= 11 is 3.56. The van der Waals surface area contributed by atoms with E-state index >= 15 is 0 Å². The Morgan fingerprint density at radius 3 is 2.32 bits per heavy atom. The number of aliphatic carboxylic acids is 1. The van der Waals surface area contributed by atoms with Crippen molar-refractivity contribution in [3.63, 3.8) is 0 Å². The standard InChI is InChI=1S/C18H19BrO3/c1-18(2,17(20)21)22-16-11-7-6-10-14(16)15(12-19)13-8-4-3-5-9-13/h3-11,15H,12H2,1-2H3,(H,20,21). The Morgan fingerprint density at radius 1 is 1.14 bits per heavy atom. The molecule has 0 saturated carbocycles. The normalized spacial score (nSPS) is 12.7. The van der Waals surface area contributed by atoms with Gasteiger partial charge in [-0.25, -0.2) is 4.79 Å². The van der Waals surface area contributed by atoms with Crippen molar-refractivity contribution >= 4 is 21.9 Å². The van der Waals surface area contributed by atoms with Gasteiger partial charge in [0.2, 0.25) is 0 Å². The highest BCUT2D eigenvalue weighted by molar-refractivity contribution is 9.09. The van der Waals surface area contributed by atoms with Crippen LogP contribution in [0.5, 0.6) is 5.75 Å². The number of rotatable bonds is 6. The summed E-state index contributed by atoms with van der Waals surface area (Å²) in [5.41, 5.74) is 0.854. The van der Waals surface area contributed by atoms with Crippen LogP contribution in [0.4, 0.5) is 0 Å². The van der Waals surface area contributed by atoms with E-state index < -0.39 is 11.6 Å². The molecular weight excluding hydrogens is 344 g/mol. The van der Waals surface area contributed by atoms with Crippen molar-refractivity contribution in [2.45, 2.75) is 25.4 Å². The second kappa shape index (κ2) is 6.97. The lowest BCUT2D eigenvalue weighted by molar-refractivity contribution is -0.152. The lowest BCUT2D eigenvalue weighted by Gasteiger charge is -2.26. The number of carbonyl (C=O) groups is 1.